The van der Waals surface area contributed by atoms with Crippen molar-refractivity contribution in [3.05, 3.63) is 84.2 Å². The Kier molecular flexibility index (Phi) is 6.09. The van der Waals surface area contributed by atoms with Crippen LogP contribution >= 0.6 is 0 Å². The van der Waals surface area contributed by atoms with Crippen molar-refractivity contribution in [3.8, 4) is 22.8 Å². The molecule has 172 valence electrons. The summed E-state index contributed by atoms with van der Waals surface area (Å²) in [5.74, 6) is -0.0309. The first-order valence-corrected chi connectivity index (χ1v) is 11.0. The van der Waals surface area contributed by atoms with E-state index in [-0.39, 0.29) is 5.91 Å². The lowest BCUT2D eigenvalue weighted by molar-refractivity contribution is -0.0860. The van der Waals surface area contributed by atoms with Gasteiger partial charge in [-0.2, -0.15) is 5.10 Å². The summed E-state index contributed by atoms with van der Waals surface area (Å²) in [5, 5.41) is 4.54. The van der Waals surface area contributed by atoms with Gasteiger partial charge in [0.25, 0.3) is 5.91 Å². The van der Waals surface area contributed by atoms with Crippen LogP contribution in [-0.2, 0) is 11.3 Å². The lowest BCUT2D eigenvalue weighted by Crippen LogP contribution is -2.48. The molecule has 1 aromatic carbocycles. The van der Waals surface area contributed by atoms with Crippen LogP contribution in [0.1, 0.15) is 22.3 Å². The zero-order valence-electron chi connectivity index (χ0n) is 18.6. The van der Waals surface area contributed by atoms with Gasteiger partial charge in [-0.1, -0.05) is 17.7 Å². The molecule has 0 spiro atoms. The minimum Gasteiger partial charge on any atom is -0.356 e. The molecular weight excluding hydrogens is 435 g/mol. The van der Waals surface area contributed by atoms with Crippen LogP contribution in [0.5, 0.6) is 0 Å². The number of aryl methyl sites for hydroxylation is 1. The Morgan fingerprint density at radius 1 is 1.12 bits per heavy atom. The van der Waals surface area contributed by atoms with E-state index < -0.39 is 12.0 Å². The molecule has 1 atom stereocenters. The van der Waals surface area contributed by atoms with Gasteiger partial charge in [-0.3, -0.25) is 14.5 Å². The molecule has 0 radical (unpaired) electrons. The maximum Gasteiger partial charge on any atom is 0.256 e. The summed E-state index contributed by atoms with van der Waals surface area (Å²) in [6.07, 6.45) is 6.55. The molecule has 5 rings (SSSR count). The zero-order chi connectivity index (χ0) is 23.5. The second-order valence-corrected chi connectivity index (χ2v) is 8.08. The fourth-order valence-electron chi connectivity index (χ4n) is 3.98. The SMILES string of the molecule is Cc1ccc(-c2ncccn2)c(C(=O)N2CCCO[C@H]2Cn2ccc(-c3ccc(F)cn3)n2)c1. The second kappa shape index (κ2) is 9.48. The molecule has 1 saturated heterocycles. The molecule has 0 saturated carbocycles. The van der Waals surface area contributed by atoms with Crippen molar-refractivity contribution >= 4 is 5.91 Å². The van der Waals surface area contributed by atoms with E-state index in [9.17, 15) is 9.18 Å². The third-order valence-electron chi connectivity index (χ3n) is 5.65. The summed E-state index contributed by atoms with van der Waals surface area (Å²) in [5.41, 5.74) is 3.39. The number of hydrogen-bond acceptors (Lipinski definition) is 6. The normalized spacial score (nSPS) is 15.9. The van der Waals surface area contributed by atoms with Gasteiger partial charge < -0.3 is 9.64 Å². The van der Waals surface area contributed by atoms with Crippen LogP contribution in [0.4, 0.5) is 4.39 Å². The number of carbonyl (C=O) groups is 1. The number of halogens is 1. The van der Waals surface area contributed by atoms with E-state index in [2.05, 4.69) is 20.1 Å². The largest absolute Gasteiger partial charge is 0.356 e. The molecule has 1 aliphatic rings. The first-order valence-electron chi connectivity index (χ1n) is 11.0. The van der Waals surface area contributed by atoms with Gasteiger partial charge in [0.2, 0.25) is 0 Å². The Balaban J connectivity index is 1.40. The van der Waals surface area contributed by atoms with Gasteiger partial charge in [-0.15, -0.1) is 0 Å². The third-order valence-corrected chi connectivity index (χ3v) is 5.65. The van der Waals surface area contributed by atoms with Gasteiger partial charge in [-0.25, -0.2) is 14.4 Å². The summed E-state index contributed by atoms with van der Waals surface area (Å²) in [6, 6.07) is 12.2. The minimum absolute atomic E-state index is 0.136. The quantitative estimate of drug-likeness (QED) is 0.453. The summed E-state index contributed by atoms with van der Waals surface area (Å²) in [4.78, 5) is 28.2. The average Bonchev–Trinajstić information content (AvgIpc) is 3.33. The fraction of sp³-hybridized carbons (Fsp3) is 0.240. The molecular formula is C25H23FN6O2. The van der Waals surface area contributed by atoms with E-state index in [0.29, 0.717) is 48.0 Å². The molecule has 4 aromatic rings. The molecule has 3 aromatic heterocycles. The van der Waals surface area contributed by atoms with E-state index in [1.54, 1.807) is 46.4 Å². The van der Waals surface area contributed by atoms with Crippen molar-refractivity contribution in [2.24, 2.45) is 0 Å². The minimum atomic E-state index is -0.486. The van der Waals surface area contributed by atoms with Gasteiger partial charge in [0, 0.05) is 30.7 Å². The predicted octanol–water partition coefficient (Wildman–Crippen LogP) is 3.74. The Bertz CT molecular complexity index is 1290. The maximum absolute atomic E-state index is 13.7. The van der Waals surface area contributed by atoms with Crippen LogP contribution in [0.25, 0.3) is 22.8 Å². The average molecular weight is 458 g/mol. The molecule has 8 nitrogen and oxygen atoms in total. The lowest BCUT2D eigenvalue weighted by Gasteiger charge is -2.36. The fourth-order valence-corrected chi connectivity index (χ4v) is 3.98. The predicted molar refractivity (Wildman–Crippen MR) is 123 cm³/mol. The molecule has 0 aliphatic carbocycles. The molecule has 9 heteroatoms. The highest BCUT2D eigenvalue weighted by molar-refractivity contribution is 6.00. The number of benzene rings is 1. The number of aromatic nitrogens is 5. The van der Waals surface area contributed by atoms with Crippen molar-refractivity contribution in [1.29, 1.82) is 0 Å². The van der Waals surface area contributed by atoms with Crippen molar-refractivity contribution in [2.75, 3.05) is 13.2 Å². The van der Waals surface area contributed by atoms with Crippen LogP contribution in [0.15, 0.2) is 67.3 Å². The number of nitrogens with zero attached hydrogens (tertiary/aromatic N) is 6. The van der Waals surface area contributed by atoms with Gasteiger partial charge in [0.1, 0.15) is 11.5 Å². The first kappa shape index (κ1) is 21.8. The molecule has 0 N–H and O–H groups in total. The topological polar surface area (TPSA) is 86.0 Å². The molecule has 1 fully saturated rings. The molecule has 0 unspecified atom stereocenters. The van der Waals surface area contributed by atoms with Gasteiger partial charge >= 0.3 is 0 Å². The highest BCUT2D eigenvalue weighted by Crippen LogP contribution is 2.25. The van der Waals surface area contributed by atoms with Crippen LogP contribution in [0, 0.1) is 12.7 Å². The zero-order valence-corrected chi connectivity index (χ0v) is 18.6. The van der Waals surface area contributed by atoms with E-state index in [0.717, 1.165) is 18.2 Å². The Morgan fingerprint density at radius 3 is 2.76 bits per heavy atom. The lowest BCUT2D eigenvalue weighted by atomic mass is 10.0. The molecule has 0 bridgehead atoms. The van der Waals surface area contributed by atoms with Gasteiger partial charge in [-0.05, 0) is 43.7 Å². The third kappa shape index (κ3) is 4.55. The van der Waals surface area contributed by atoms with Crippen LogP contribution in [0.3, 0.4) is 0 Å². The van der Waals surface area contributed by atoms with E-state index in [4.69, 9.17) is 4.74 Å². The van der Waals surface area contributed by atoms with Crippen molar-refractivity contribution < 1.29 is 13.9 Å². The van der Waals surface area contributed by atoms with Crippen molar-refractivity contribution in [3.63, 3.8) is 0 Å². The molecule has 1 aliphatic heterocycles. The maximum atomic E-state index is 13.7. The van der Waals surface area contributed by atoms with Crippen molar-refractivity contribution in [2.45, 2.75) is 26.1 Å². The van der Waals surface area contributed by atoms with E-state index in [1.807, 2.05) is 25.1 Å². The van der Waals surface area contributed by atoms with Crippen LogP contribution < -0.4 is 0 Å². The summed E-state index contributed by atoms with van der Waals surface area (Å²) < 4.78 is 20.9. The second-order valence-electron chi connectivity index (χ2n) is 8.08. The molecule has 4 heterocycles. The highest BCUT2D eigenvalue weighted by atomic mass is 19.1. The number of amides is 1. The van der Waals surface area contributed by atoms with E-state index in [1.165, 1.54) is 6.07 Å². The number of hydrogen-bond donors (Lipinski definition) is 0. The number of carbonyl (C=O) groups excluding carboxylic acids is 1. The van der Waals surface area contributed by atoms with Crippen LogP contribution in [-0.4, -0.2) is 54.9 Å². The Hall–Kier alpha value is -3.98. The Labute approximate surface area is 196 Å². The summed E-state index contributed by atoms with van der Waals surface area (Å²) >= 11 is 0. The number of ether oxygens (including phenoxy) is 1. The van der Waals surface area contributed by atoms with Gasteiger partial charge in [0.15, 0.2) is 12.1 Å². The number of rotatable bonds is 5. The highest BCUT2D eigenvalue weighted by Gasteiger charge is 2.30. The molecule has 1 amide bonds. The van der Waals surface area contributed by atoms with Crippen molar-refractivity contribution in [1.82, 2.24) is 29.6 Å². The van der Waals surface area contributed by atoms with Gasteiger partial charge in [0.05, 0.1) is 30.6 Å². The smallest absolute Gasteiger partial charge is 0.256 e. The standard InChI is InChI=1S/C25H23FN6O2/c1-17-4-6-19(24-27-9-2-10-28-24)20(14-17)25(33)32-11-3-13-34-23(32)16-31-12-8-22(30-31)21-7-5-18(26)15-29-21/h2,4-10,12,14-15,23H,3,11,13,16H2,1H3/t23-/m0/s1. The summed E-state index contributed by atoms with van der Waals surface area (Å²) in [7, 11) is 0. The summed E-state index contributed by atoms with van der Waals surface area (Å²) in [6.45, 7) is 3.44. The monoisotopic (exact) mass is 458 g/mol. The van der Waals surface area contributed by atoms with Crippen LogP contribution in [0.2, 0.25) is 0 Å². The molecule has 34 heavy (non-hydrogen) atoms. The first-order chi connectivity index (χ1) is 16.6. The number of pyridine rings is 1. The Morgan fingerprint density at radius 2 is 1.97 bits per heavy atom. The van der Waals surface area contributed by atoms with E-state index >= 15 is 0 Å².